The van der Waals surface area contributed by atoms with Crippen LogP contribution in [0.5, 0.6) is 0 Å². The van der Waals surface area contributed by atoms with Gasteiger partial charge in [0.05, 0.1) is 11.4 Å². The first kappa shape index (κ1) is 15.5. The number of H-pyrrole nitrogens is 1. The van der Waals surface area contributed by atoms with Crippen molar-refractivity contribution in [2.24, 2.45) is 0 Å². The lowest BCUT2D eigenvalue weighted by atomic mass is 10.1. The second-order valence-corrected chi connectivity index (χ2v) is 6.68. The fourth-order valence-corrected chi connectivity index (χ4v) is 3.54. The Labute approximate surface area is 125 Å². The SMILES string of the molecule is CNCc1n[nH]c(C)c1S(=O)(=O)Nc1ccc(C)c(C)c1. The minimum atomic E-state index is -3.67. The lowest BCUT2D eigenvalue weighted by molar-refractivity contribution is 0.598. The van der Waals surface area contributed by atoms with Crippen LogP contribution < -0.4 is 10.0 Å². The van der Waals surface area contributed by atoms with Crippen LogP contribution in [0.2, 0.25) is 0 Å². The maximum absolute atomic E-state index is 12.6. The average molecular weight is 308 g/mol. The first-order chi connectivity index (χ1) is 9.85. The van der Waals surface area contributed by atoms with Crippen molar-refractivity contribution < 1.29 is 8.42 Å². The Balaban J connectivity index is 2.38. The molecule has 0 unspecified atom stereocenters. The van der Waals surface area contributed by atoms with Gasteiger partial charge in [-0.05, 0) is 51.1 Å². The molecule has 0 aliphatic rings. The summed E-state index contributed by atoms with van der Waals surface area (Å²) in [4.78, 5) is 0.204. The Morgan fingerprint density at radius 1 is 1.19 bits per heavy atom. The molecule has 0 aliphatic carbocycles. The standard InChI is InChI=1S/C14H20N4O2S/c1-9-5-6-12(7-10(9)2)18-21(19,20)14-11(3)16-17-13(14)8-15-4/h5-7,15,18H,8H2,1-4H3,(H,16,17). The Morgan fingerprint density at radius 2 is 1.90 bits per heavy atom. The van der Waals surface area contributed by atoms with Gasteiger partial charge in [0, 0.05) is 12.2 Å². The van der Waals surface area contributed by atoms with E-state index in [9.17, 15) is 8.42 Å². The van der Waals surface area contributed by atoms with Crippen molar-refractivity contribution in [2.75, 3.05) is 11.8 Å². The predicted octanol–water partition coefficient (Wildman–Crippen LogP) is 1.86. The highest BCUT2D eigenvalue weighted by Crippen LogP contribution is 2.22. The van der Waals surface area contributed by atoms with Crippen LogP contribution in [0.4, 0.5) is 5.69 Å². The molecule has 3 N–H and O–H groups in total. The summed E-state index contributed by atoms with van der Waals surface area (Å²) in [6.07, 6.45) is 0. The second kappa shape index (κ2) is 5.87. The third kappa shape index (κ3) is 3.25. The van der Waals surface area contributed by atoms with Crippen molar-refractivity contribution in [1.29, 1.82) is 0 Å². The second-order valence-electron chi connectivity index (χ2n) is 5.06. The zero-order valence-electron chi connectivity index (χ0n) is 12.6. The van der Waals surface area contributed by atoms with Crippen molar-refractivity contribution in [3.8, 4) is 0 Å². The fourth-order valence-electron chi connectivity index (χ4n) is 2.12. The van der Waals surface area contributed by atoms with Crippen LogP contribution in [0.25, 0.3) is 0 Å². The molecule has 2 aromatic rings. The summed E-state index contributed by atoms with van der Waals surface area (Å²) >= 11 is 0. The maximum Gasteiger partial charge on any atom is 0.265 e. The zero-order chi connectivity index (χ0) is 15.6. The number of nitrogens with zero attached hydrogens (tertiary/aromatic N) is 1. The molecule has 0 saturated heterocycles. The van der Waals surface area contributed by atoms with Crippen LogP contribution in [-0.4, -0.2) is 25.7 Å². The number of hydrogen-bond donors (Lipinski definition) is 3. The van der Waals surface area contributed by atoms with Crippen LogP contribution in [-0.2, 0) is 16.6 Å². The molecule has 0 spiro atoms. The van der Waals surface area contributed by atoms with Crippen LogP contribution in [0.3, 0.4) is 0 Å². The number of aryl methyl sites for hydroxylation is 3. The Kier molecular flexibility index (Phi) is 4.34. The first-order valence-corrected chi connectivity index (χ1v) is 8.12. The van der Waals surface area contributed by atoms with E-state index in [1.54, 1.807) is 20.0 Å². The lowest BCUT2D eigenvalue weighted by Crippen LogP contribution is -2.17. The number of rotatable bonds is 5. The number of hydrogen-bond acceptors (Lipinski definition) is 4. The highest BCUT2D eigenvalue weighted by atomic mass is 32.2. The normalized spacial score (nSPS) is 11.6. The molecule has 2 rings (SSSR count). The summed E-state index contributed by atoms with van der Waals surface area (Å²) in [5.41, 5.74) is 3.71. The number of aromatic nitrogens is 2. The van der Waals surface area contributed by atoms with E-state index in [0.717, 1.165) is 11.1 Å². The van der Waals surface area contributed by atoms with Crippen molar-refractivity contribution >= 4 is 15.7 Å². The molecule has 0 radical (unpaired) electrons. The van der Waals surface area contributed by atoms with Gasteiger partial charge in [0.25, 0.3) is 10.0 Å². The largest absolute Gasteiger partial charge is 0.314 e. The van der Waals surface area contributed by atoms with Gasteiger partial charge >= 0.3 is 0 Å². The van der Waals surface area contributed by atoms with E-state index in [1.807, 2.05) is 26.0 Å². The van der Waals surface area contributed by atoms with E-state index in [4.69, 9.17) is 0 Å². The minimum absolute atomic E-state index is 0.204. The summed E-state index contributed by atoms with van der Waals surface area (Å²) in [7, 11) is -1.92. The van der Waals surface area contributed by atoms with Crippen LogP contribution in [0, 0.1) is 20.8 Å². The van der Waals surface area contributed by atoms with E-state index < -0.39 is 10.0 Å². The van der Waals surface area contributed by atoms with Crippen molar-refractivity contribution in [3.63, 3.8) is 0 Å². The lowest BCUT2D eigenvalue weighted by Gasteiger charge is -2.10. The summed E-state index contributed by atoms with van der Waals surface area (Å²) in [5, 5.41) is 9.68. The molecule has 21 heavy (non-hydrogen) atoms. The number of sulfonamides is 1. The summed E-state index contributed by atoms with van der Waals surface area (Å²) in [6.45, 7) is 6.01. The zero-order valence-corrected chi connectivity index (χ0v) is 13.4. The third-order valence-corrected chi connectivity index (χ3v) is 4.92. The average Bonchev–Trinajstić information content (AvgIpc) is 2.76. The monoisotopic (exact) mass is 308 g/mol. The molecule has 0 bridgehead atoms. The van der Waals surface area contributed by atoms with Crippen LogP contribution in [0.1, 0.15) is 22.5 Å². The van der Waals surface area contributed by atoms with Gasteiger partial charge < -0.3 is 5.32 Å². The van der Waals surface area contributed by atoms with E-state index in [0.29, 0.717) is 23.6 Å². The number of benzene rings is 1. The molecule has 6 nitrogen and oxygen atoms in total. The van der Waals surface area contributed by atoms with Crippen LogP contribution in [0.15, 0.2) is 23.1 Å². The molecule has 7 heteroatoms. The molecule has 0 saturated carbocycles. The summed E-state index contributed by atoms with van der Waals surface area (Å²) in [5.74, 6) is 0. The first-order valence-electron chi connectivity index (χ1n) is 6.63. The number of nitrogens with one attached hydrogen (secondary N) is 3. The Hall–Kier alpha value is -1.86. The molecular weight excluding hydrogens is 288 g/mol. The highest BCUT2D eigenvalue weighted by Gasteiger charge is 2.24. The van der Waals surface area contributed by atoms with Crippen molar-refractivity contribution in [3.05, 3.63) is 40.7 Å². The van der Waals surface area contributed by atoms with E-state index in [-0.39, 0.29) is 4.90 Å². The van der Waals surface area contributed by atoms with Gasteiger partial charge in [-0.3, -0.25) is 9.82 Å². The molecule has 0 fully saturated rings. The third-order valence-electron chi connectivity index (χ3n) is 3.33. The van der Waals surface area contributed by atoms with Gasteiger partial charge in [-0.15, -0.1) is 0 Å². The summed E-state index contributed by atoms with van der Waals surface area (Å²) in [6, 6.07) is 5.47. The maximum atomic E-state index is 12.6. The molecular formula is C14H20N4O2S. The van der Waals surface area contributed by atoms with Gasteiger partial charge in [0.2, 0.25) is 0 Å². The molecule has 1 heterocycles. The van der Waals surface area contributed by atoms with Crippen molar-refractivity contribution in [2.45, 2.75) is 32.2 Å². The molecule has 114 valence electrons. The van der Waals surface area contributed by atoms with E-state index >= 15 is 0 Å². The number of anilines is 1. The van der Waals surface area contributed by atoms with Crippen LogP contribution >= 0.6 is 0 Å². The molecule has 1 aromatic heterocycles. The van der Waals surface area contributed by atoms with Gasteiger partial charge in [-0.2, -0.15) is 5.10 Å². The quantitative estimate of drug-likeness (QED) is 0.787. The van der Waals surface area contributed by atoms with Gasteiger partial charge in [0.15, 0.2) is 0 Å². The Bertz CT molecular complexity index is 750. The van der Waals surface area contributed by atoms with Gasteiger partial charge in [0.1, 0.15) is 4.90 Å². The van der Waals surface area contributed by atoms with Gasteiger partial charge in [-0.25, -0.2) is 8.42 Å². The molecule has 0 amide bonds. The number of aromatic amines is 1. The molecule has 1 aromatic carbocycles. The van der Waals surface area contributed by atoms with E-state index in [1.165, 1.54) is 0 Å². The highest BCUT2D eigenvalue weighted by molar-refractivity contribution is 7.92. The van der Waals surface area contributed by atoms with Crippen molar-refractivity contribution in [1.82, 2.24) is 15.5 Å². The minimum Gasteiger partial charge on any atom is -0.314 e. The van der Waals surface area contributed by atoms with Gasteiger partial charge in [-0.1, -0.05) is 6.07 Å². The molecule has 0 atom stereocenters. The predicted molar refractivity (Wildman–Crippen MR) is 82.8 cm³/mol. The topological polar surface area (TPSA) is 86.9 Å². The van der Waals surface area contributed by atoms with E-state index in [2.05, 4.69) is 20.2 Å². The smallest absolute Gasteiger partial charge is 0.265 e. The fraction of sp³-hybridized carbons (Fsp3) is 0.357. The summed E-state index contributed by atoms with van der Waals surface area (Å²) < 4.78 is 27.8. The Morgan fingerprint density at radius 3 is 2.52 bits per heavy atom. The molecule has 0 aliphatic heterocycles.